The average Bonchev–Trinajstić information content (AvgIpc) is 2.94. The van der Waals surface area contributed by atoms with E-state index in [0.717, 1.165) is 12.3 Å². The van der Waals surface area contributed by atoms with Crippen LogP contribution in [0.4, 0.5) is 23.2 Å². The van der Waals surface area contributed by atoms with Crippen LogP contribution in [0.1, 0.15) is 23.0 Å². The number of aryl methyl sites for hydroxylation is 1. The Balaban J connectivity index is 0.00000155. The number of carbonyl (C=O) groups is 1. The summed E-state index contributed by atoms with van der Waals surface area (Å²) in [6.45, 7) is 7.52. The van der Waals surface area contributed by atoms with Gasteiger partial charge in [-0.1, -0.05) is 0 Å². The Hall–Kier alpha value is -2.86. The molecule has 7 nitrogen and oxygen atoms in total. The first kappa shape index (κ1) is 23.4. The van der Waals surface area contributed by atoms with Crippen LogP contribution in [-0.2, 0) is 23.2 Å². The summed E-state index contributed by atoms with van der Waals surface area (Å²) in [6, 6.07) is 1.45. The molecule has 2 N–H and O–H groups in total. The molecule has 2 heterocycles. The van der Waals surface area contributed by atoms with E-state index < -0.39 is 39.5 Å². The average molecular weight is 449 g/mol. The van der Waals surface area contributed by atoms with Gasteiger partial charge in [0.05, 0.1) is 11.6 Å². The highest BCUT2D eigenvalue weighted by Gasteiger charge is 2.35. The number of fused-ring (bicyclic) bond motifs is 1. The van der Waals surface area contributed by atoms with Gasteiger partial charge in [0.25, 0.3) is 5.91 Å². The number of nitrogens with zero attached hydrogens (tertiary/aromatic N) is 1. The van der Waals surface area contributed by atoms with E-state index in [1.54, 1.807) is 6.92 Å². The Morgan fingerprint density at radius 3 is 2.57 bits per heavy atom. The number of aromatic nitrogens is 1. The second-order valence-corrected chi connectivity index (χ2v) is 7.94. The summed E-state index contributed by atoms with van der Waals surface area (Å²) in [6.07, 6.45) is -3.78. The van der Waals surface area contributed by atoms with Crippen LogP contribution in [0.5, 0.6) is 5.75 Å². The SMILES string of the molecule is C=C.CC1COc2c(cn(C)c2C(=O)Nc2ccc(F)c(C(F)(F)F)c2)S(=O)(=O)N1. The van der Waals surface area contributed by atoms with Gasteiger partial charge in [-0.2, -0.15) is 13.2 Å². The number of alkyl halides is 3. The second kappa shape index (κ2) is 8.48. The third-order valence-electron chi connectivity index (χ3n) is 3.97. The molecule has 30 heavy (non-hydrogen) atoms. The summed E-state index contributed by atoms with van der Waals surface area (Å²) < 4.78 is 85.6. The van der Waals surface area contributed by atoms with Crippen LogP contribution in [0, 0.1) is 5.82 Å². The lowest BCUT2D eigenvalue weighted by atomic mass is 10.1. The summed E-state index contributed by atoms with van der Waals surface area (Å²) in [4.78, 5) is 12.4. The second-order valence-electron chi connectivity index (χ2n) is 6.26. The largest absolute Gasteiger partial charge is 0.488 e. The van der Waals surface area contributed by atoms with Crippen molar-refractivity contribution in [3.8, 4) is 5.75 Å². The molecular formula is C18H19F4N3O4S. The molecule has 1 aliphatic rings. The number of anilines is 1. The van der Waals surface area contributed by atoms with Gasteiger partial charge in [-0.15, -0.1) is 13.2 Å². The molecule has 3 rings (SSSR count). The van der Waals surface area contributed by atoms with Crippen molar-refractivity contribution in [3.63, 3.8) is 0 Å². The van der Waals surface area contributed by atoms with Crippen molar-refractivity contribution in [2.45, 2.75) is 24.0 Å². The first-order valence-corrected chi connectivity index (χ1v) is 9.91. The van der Waals surface area contributed by atoms with Gasteiger partial charge in [0, 0.05) is 18.9 Å². The standard InChI is InChI=1S/C16H15F4N3O4S.C2H4/c1-8-7-27-14-12(28(25,26)22-8)6-23(2)13(14)15(24)21-9-3-4-11(17)10(5-9)16(18,19)20;1-2/h3-6,8,22H,7H2,1-2H3,(H,21,24);1-2H2. The lowest BCUT2D eigenvalue weighted by Gasteiger charge is -2.13. The predicted molar refractivity (Wildman–Crippen MR) is 101 cm³/mol. The summed E-state index contributed by atoms with van der Waals surface area (Å²) in [5.74, 6) is -2.60. The summed E-state index contributed by atoms with van der Waals surface area (Å²) in [5, 5.41) is 2.21. The highest BCUT2D eigenvalue weighted by Crippen LogP contribution is 2.35. The first-order chi connectivity index (χ1) is 13.9. The van der Waals surface area contributed by atoms with E-state index >= 15 is 0 Å². The fourth-order valence-corrected chi connectivity index (χ4v) is 4.17. The Morgan fingerprint density at radius 2 is 1.97 bits per heavy atom. The molecule has 12 heteroatoms. The van der Waals surface area contributed by atoms with Gasteiger partial charge in [-0.3, -0.25) is 4.79 Å². The van der Waals surface area contributed by atoms with Crippen LogP contribution in [-0.4, -0.2) is 31.5 Å². The normalized spacial score (nSPS) is 17.6. The lowest BCUT2D eigenvalue weighted by Crippen LogP contribution is -2.34. The maximum absolute atomic E-state index is 13.4. The maximum atomic E-state index is 13.4. The minimum Gasteiger partial charge on any atom is -0.488 e. The summed E-state index contributed by atoms with van der Waals surface area (Å²) in [5.41, 5.74) is -2.04. The highest BCUT2D eigenvalue weighted by molar-refractivity contribution is 7.89. The Bertz CT molecular complexity index is 1060. The number of ether oxygens (including phenoxy) is 1. The van der Waals surface area contributed by atoms with Crippen molar-refractivity contribution in [3.05, 3.63) is 54.6 Å². The van der Waals surface area contributed by atoms with Crippen molar-refractivity contribution in [1.29, 1.82) is 0 Å². The molecule has 1 amide bonds. The number of halogens is 4. The van der Waals surface area contributed by atoms with Crippen LogP contribution >= 0.6 is 0 Å². The molecular weight excluding hydrogens is 430 g/mol. The molecule has 164 valence electrons. The van der Waals surface area contributed by atoms with Gasteiger partial charge < -0.3 is 14.6 Å². The molecule has 0 bridgehead atoms. The van der Waals surface area contributed by atoms with Crippen LogP contribution in [0.2, 0.25) is 0 Å². The van der Waals surface area contributed by atoms with E-state index in [1.807, 2.05) is 0 Å². The zero-order chi connectivity index (χ0) is 22.9. The fraction of sp³-hybridized carbons (Fsp3) is 0.278. The minimum absolute atomic E-state index is 0.0503. The number of hydrogen-bond acceptors (Lipinski definition) is 4. The number of amides is 1. The Labute approximate surface area is 170 Å². The van der Waals surface area contributed by atoms with E-state index in [-0.39, 0.29) is 28.6 Å². The predicted octanol–water partition coefficient (Wildman–Crippen LogP) is 3.30. The molecule has 1 aromatic heterocycles. The van der Waals surface area contributed by atoms with Crippen molar-refractivity contribution in [2.24, 2.45) is 7.05 Å². The number of nitrogens with one attached hydrogen (secondary N) is 2. The van der Waals surface area contributed by atoms with E-state index in [1.165, 1.54) is 11.6 Å². The molecule has 1 atom stereocenters. The molecule has 0 spiro atoms. The minimum atomic E-state index is -4.94. The van der Waals surface area contributed by atoms with Gasteiger partial charge in [0.15, 0.2) is 11.4 Å². The zero-order valence-electron chi connectivity index (χ0n) is 16.0. The molecule has 0 radical (unpaired) electrons. The third-order valence-corrected chi connectivity index (χ3v) is 5.55. The first-order valence-electron chi connectivity index (χ1n) is 8.42. The van der Waals surface area contributed by atoms with Crippen LogP contribution in [0.15, 0.2) is 42.4 Å². The molecule has 0 fully saturated rings. The molecule has 1 aromatic carbocycles. The number of rotatable bonds is 2. The van der Waals surface area contributed by atoms with Crippen molar-refractivity contribution < 1.29 is 35.5 Å². The van der Waals surface area contributed by atoms with E-state index in [4.69, 9.17) is 4.74 Å². The zero-order valence-corrected chi connectivity index (χ0v) is 16.8. The summed E-state index contributed by atoms with van der Waals surface area (Å²) in [7, 11) is -2.56. The quantitative estimate of drug-likeness (QED) is 0.544. The van der Waals surface area contributed by atoms with E-state index in [2.05, 4.69) is 23.2 Å². The van der Waals surface area contributed by atoms with Gasteiger partial charge in [-0.05, 0) is 25.1 Å². The van der Waals surface area contributed by atoms with Crippen molar-refractivity contribution in [2.75, 3.05) is 11.9 Å². The number of sulfonamides is 1. The van der Waals surface area contributed by atoms with Crippen molar-refractivity contribution in [1.82, 2.24) is 9.29 Å². The Morgan fingerprint density at radius 1 is 1.33 bits per heavy atom. The third kappa shape index (κ3) is 4.65. The topological polar surface area (TPSA) is 89.4 Å². The Kier molecular flexibility index (Phi) is 6.62. The fourth-order valence-electron chi connectivity index (χ4n) is 2.75. The van der Waals surface area contributed by atoms with Gasteiger partial charge in [0.2, 0.25) is 10.0 Å². The lowest BCUT2D eigenvalue weighted by molar-refractivity contribution is -0.139. The van der Waals surface area contributed by atoms with E-state index in [9.17, 15) is 30.8 Å². The molecule has 1 unspecified atom stereocenters. The number of benzene rings is 1. The molecule has 0 saturated heterocycles. The molecule has 1 aliphatic heterocycles. The number of hydrogen-bond donors (Lipinski definition) is 2. The van der Waals surface area contributed by atoms with Crippen LogP contribution in [0.25, 0.3) is 0 Å². The maximum Gasteiger partial charge on any atom is 0.419 e. The highest BCUT2D eigenvalue weighted by atomic mass is 32.2. The molecule has 0 saturated carbocycles. The molecule has 2 aromatic rings. The summed E-state index contributed by atoms with van der Waals surface area (Å²) >= 11 is 0. The van der Waals surface area contributed by atoms with Crippen molar-refractivity contribution >= 4 is 21.6 Å². The smallest absolute Gasteiger partial charge is 0.419 e. The van der Waals surface area contributed by atoms with Gasteiger partial charge in [0.1, 0.15) is 17.3 Å². The van der Waals surface area contributed by atoms with Gasteiger partial charge in [-0.25, -0.2) is 17.5 Å². The van der Waals surface area contributed by atoms with Gasteiger partial charge >= 0.3 is 6.18 Å². The number of carbonyl (C=O) groups excluding carboxylic acids is 1. The monoisotopic (exact) mass is 449 g/mol. The van der Waals surface area contributed by atoms with Crippen LogP contribution in [0.3, 0.4) is 0 Å². The van der Waals surface area contributed by atoms with Crippen LogP contribution < -0.4 is 14.8 Å². The molecule has 0 aliphatic carbocycles. The van der Waals surface area contributed by atoms with E-state index in [0.29, 0.717) is 12.1 Å².